The number of rotatable bonds is 13. The number of aliphatic carboxylic acids is 1. The third-order valence-electron chi connectivity index (χ3n) is 3.68. The molecule has 5 atom stereocenters. The van der Waals surface area contributed by atoms with Gasteiger partial charge in [-0.15, -0.1) is 0 Å². The van der Waals surface area contributed by atoms with Crippen molar-refractivity contribution in [3.8, 4) is 0 Å². The number of aliphatic hydroxyl groups is 2. The van der Waals surface area contributed by atoms with E-state index in [1.165, 1.54) is 18.7 Å². The van der Waals surface area contributed by atoms with E-state index < -0.39 is 60.6 Å². The van der Waals surface area contributed by atoms with Crippen molar-refractivity contribution in [2.24, 2.45) is 5.73 Å². The molecule has 0 radical (unpaired) electrons. The summed E-state index contributed by atoms with van der Waals surface area (Å²) in [6, 6.07) is -5.02. The van der Waals surface area contributed by atoms with Crippen molar-refractivity contribution in [1.29, 1.82) is 0 Å². The number of hydrogen-bond donors (Lipinski definition) is 8. The molecular weight excluding hydrogens is 412 g/mol. The number of carboxylic acid groups (broad SMARTS) is 1. The largest absolute Gasteiger partial charge is 0.480 e. The van der Waals surface area contributed by atoms with Crippen LogP contribution in [0.3, 0.4) is 0 Å². The minimum absolute atomic E-state index is 0.184. The van der Waals surface area contributed by atoms with Gasteiger partial charge in [-0.2, -0.15) is 24.4 Å². The monoisotopic (exact) mass is 440 g/mol. The highest BCUT2D eigenvalue weighted by Gasteiger charge is 2.30. The first-order valence-corrected chi connectivity index (χ1v) is 10.4. The fourth-order valence-electron chi connectivity index (χ4n) is 1.92. The van der Waals surface area contributed by atoms with Gasteiger partial charge in [0.25, 0.3) is 0 Å². The van der Waals surface area contributed by atoms with Crippen LogP contribution in [0.25, 0.3) is 0 Å². The molecule has 0 rings (SSSR count). The number of thiol groups is 1. The molecule has 11 nitrogen and oxygen atoms in total. The summed E-state index contributed by atoms with van der Waals surface area (Å²) in [5.41, 5.74) is 5.55. The molecule has 162 valence electrons. The molecule has 0 aliphatic heterocycles. The molecule has 8 N–H and O–H groups in total. The van der Waals surface area contributed by atoms with Crippen molar-refractivity contribution in [1.82, 2.24) is 16.0 Å². The summed E-state index contributed by atoms with van der Waals surface area (Å²) >= 11 is 5.23. The second kappa shape index (κ2) is 13.6. The standard InChI is InChI=1S/C15H28N4O7S2/c1-7(21)11(16)14(24)17-8(3-4-28-2)12(22)18-9(5-20)13(23)19-10(6-27)15(25)26/h7-11,20-21,27H,3-6,16H2,1-2H3,(H,17,24)(H,18,22)(H,19,23)(H,25,26). The molecule has 0 spiro atoms. The van der Waals surface area contributed by atoms with E-state index >= 15 is 0 Å². The van der Waals surface area contributed by atoms with Gasteiger partial charge >= 0.3 is 5.97 Å². The van der Waals surface area contributed by atoms with E-state index in [9.17, 15) is 29.4 Å². The second-order valence-electron chi connectivity index (χ2n) is 5.93. The summed E-state index contributed by atoms with van der Waals surface area (Å²) < 4.78 is 0. The lowest BCUT2D eigenvalue weighted by Gasteiger charge is -2.24. The van der Waals surface area contributed by atoms with Gasteiger partial charge < -0.3 is 37.0 Å². The van der Waals surface area contributed by atoms with Gasteiger partial charge in [0.05, 0.1) is 12.7 Å². The Kier molecular flexibility index (Phi) is 12.9. The van der Waals surface area contributed by atoms with Gasteiger partial charge in [0.15, 0.2) is 0 Å². The molecule has 13 heteroatoms. The molecular formula is C15H28N4O7S2. The summed E-state index contributed by atoms with van der Waals surface area (Å²) in [6.45, 7) is 0.542. The average molecular weight is 441 g/mol. The quantitative estimate of drug-likeness (QED) is 0.137. The van der Waals surface area contributed by atoms with E-state index in [4.69, 9.17) is 10.8 Å². The first-order valence-electron chi connectivity index (χ1n) is 8.37. The molecule has 0 aromatic rings. The maximum Gasteiger partial charge on any atom is 0.327 e. The summed E-state index contributed by atoms with van der Waals surface area (Å²) in [5.74, 6) is -3.42. The predicted octanol–water partition coefficient (Wildman–Crippen LogP) is -3.09. The van der Waals surface area contributed by atoms with Gasteiger partial charge in [-0.25, -0.2) is 4.79 Å². The Morgan fingerprint density at radius 1 is 1.04 bits per heavy atom. The molecule has 0 saturated carbocycles. The number of carboxylic acids is 1. The zero-order valence-corrected chi connectivity index (χ0v) is 17.3. The van der Waals surface area contributed by atoms with E-state index in [1.54, 1.807) is 6.26 Å². The Hall–Kier alpha value is -1.54. The molecule has 0 aliphatic carbocycles. The van der Waals surface area contributed by atoms with Crippen molar-refractivity contribution < 1.29 is 34.5 Å². The minimum atomic E-state index is -1.42. The Labute approximate surface area is 172 Å². The fourth-order valence-corrected chi connectivity index (χ4v) is 2.63. The summed E-state index contributed by atoms with van der Waals surface area (Å²) in [5, 5.41) is 34.5. The Bertz CT molecular complexity index is 550. The lowest BCUT2D eigenvalue weighted by Crippen LogP contribution is -2.59. The maximum atomic E-state index is 12.5. The normalized spacial score (nSPS) is 16.2. The van der Waals surface area contributed by atoms with Gasteiger partial charge in [-0.05, 0) is 25.4 Å². The smallest absolute Gasteiger partial charge is 0.327 e. The van der Waals surface area contributed by atoms with Crippen LogP contribution in [0, 0.1) is 0 Å². The van der Waals surface area contributed by atoms with Crippen LogP contribution in [0.15, 0.2) is 0 Å². The van der Waals surface area contributed by atoms with Crippen LogP contribution in [0.4, 0.5) is 0 Å². The third kappa shape index (κ3) is 9.10. The first kappa shape index (κ1) is 26.5. The number of thioether (sulfide) groups is 1. The van der Waals surface area contributed by atoms with Crippen molar-refractivity contribution in [2.45, 2.75) is 43.6 Å². The fraction of sp³-hybridized carbons (Fsp3) is 0.733. The maximum absolute atomic E-state index is 12.5. The molecule has 0 bridgehead atoms. The first-order chi connectivity index (χ1) is 13.1. The van der Waals surface area contributed by atoms with Crippen LogP contribution in [-0.4, -0.2) is 93.7 Å². The molecule has 0 aromatic carbocycles. The van der Waals surface area contributed by atoms with Crippen molar-refractivity contribution in [3.05, 3.63) is 0 Å². The van der Waals surface area contributed by atoms with Crippen LogP contribution >= 0.6 is 24.4 Å². The topological polar surface area (TPSA) is 191 Å². The number of hydrogen-bond acceptors (Lipinski definition) is 9. The van der Waals surface area contributed by atoms with Gasteiger partial charge in [0.2, 0.25) is 17.7 Å². The number of aliphatic hydroxyl groups excluding tert-OH is 2. The predicted molar refractivity (Wildman–Crippen MR) is 107 cm³/mol. The van der Waals surface area contributed by atoms with E-state index in [2.05, 4.69) is 28.6 Å². The van der Waals surface area contributed by atoms with Crippen LogP contribution < -0.4 is 21.7 Å². The lowest BCUT2D eigenvalue weighted by atomic mass is 10.1. The van der Waals surface area contributed by atoms with Crippen molar-refractivity contribution in [2.75, 3.05) is 24.4 Å². The highest BCUT2D eigenvalue weighted by Crippen LogP contribution is 2.03. The molecule has 0 fully saturated rings. The number of carbonyl (C=O) groups is 4. The minimum Gasteiger partial charge on any atom is -0.480 e. The van der Waals surface area contributed by atoms with Gasteiger partial charge in [-0.3, -0.25) is 14.4 Å². The average Bonchev–Trinajstić information content (AvgIpc) is 2.65. The summed E-state index contributed by atoms with van der Waals surface area (Å²) in [7, 11) is 0. The van der Waals surface area contributed by atoms with Crippen LogP contribution in [0.2, 0.25) is 0 Å². The number of nitrogens with two attached hydrogens (primary N) is 1. The number of nitrogens with one attached hydrogen (secondary N) is 3. The Morgan fingerprint density at radius 3 is 1.96 bits per heavy atom. The summed E-state index contributed by atoms with van der Waals surface area (Å²) in [6.07, 6.45) is 0.875. The molecule has 5 unspecified atom stereocenters. The van der Waals surface area contributed by atoms with Crippen LogP contribution in [-0.2, 0) is 19.2 Å². The van der Waals surface area contributed by atoms with Crippen molar-refractivity contribution >= 4 is 48.1 Å². The second-order valence-corrected chi connectivity index (χ2v) is 7.29. The highest BCUT2D eigenvalue weighted by atomic mass is 32.2. The molecule has 0 aliphatic rings. The third-order valence-corrected chi connectivity index (χ3v) is 4.69. The number of carbonyl (C=O) groups excluding carboxylic acids is 3. The Morgan fingerprint density at radius 2 is 1.54 bits per heavy atom. The van der Waals surface area contributed by atoms with Gasteiger partial charge in [0.1, 0.15) is 24.2 Å². The molecule has 28 heavy (non-hydrogen) atoms. The molecule has 0 saturated heterocycles. The molecule has 0 heterocycles. The zero-order valence-electron chi connectivity index (χ0n) is 15.6. The van der Waals surface area contributed by atoms with E-state index in [-0.39, 0.29) is 12.2 Å². The van der Waals surface area contributed by atoms with Gasteiger partial charge in [0, 0.05) is 5.75 Å². The van der Waals surface area contributed by atoms with Gasteiger partial charge in [-0.1, -0.05) is 0 Å². The lowest BCUT2D eigenvalue weighted by molar-refractivity contribution is -0.142. The van der Waals surface area contributed by atoms with E-state index in [0.29, 0.717) is 5.75 Å². The molecule has 3 amide bonds. The van der Waals surface area contributed by atoms with Crippen LogP contribution in [0.5, 0.6) is 0 Å². The van der Waals surface area contributed by atoms with Crippen LogP contribution in [0.1, 0.15) is 13.3 Å². The highest BCUT2D eigenvalue weighted by molar-refractivity contribution is 7.98. The van der Waals surface area contributed by atoms with E-state index in [1.807, 2.05) is 0 Å². The zero-order chi connectivity index (χ0) is 21.9. The van der Waals surface area contributed by atoms with E-state index in [0.717, 1.165) is 0 Å². The Balaban J connectivity index is 5.11. The SMILES string of the molecule is CSCCC(NC(=O)C(N)C(C)O)C(=O)NC(CO)C(=O)NC(CS)C(=O)O. The summed E-state index contributed by atoms with van der Waals surface area (Å²) in [4.78, 5) is 47.6. The molecule has 0 aromatic heterocycles. The van der Waals surface area contributed by atoms with Crippen molar-refractivity contribution in [3.63, 3.8) is 0 Å². The number of amides is 3.